The summed E-state index contributed by atoms with van der Waals surface area (Å²) < 4.78 is 51.2. The van der Waals surface area contributed by atoms with Crippen LogP contribution in [0.15, 0.2) is 53.1 Å². The number of anilines is 1. The van der Waals surface area contributed by atoms with E-state index in [-0.39, 0.29) is 23.9 Å². The highest BCUT2D eigenvalue weighted by Crippen LogP contribution is 2.37. The van der Waals surface area contributed by atoms with Gasteiger partial charge in [0, 0.05) is 16.9 Å². The summed E-state index contributed by atoms with van der Waals surface area (Å²) in [5, 5.41) is 3.35. The lowest BCUT2D eigenvalue weighted by molar-refractivity contribution is -0.137. The van der Waals surface area contributed by atoms with Gasteiger partial charge in [-0.3, -0.25) is 9.69 Å². The number of likely N-dealkylation sites (tertiary alicyclic amines) is 1. The average molecular weight is 584 g/mol. The topological polar surface area (TPSA) is 80.8 Å². The number of amides is 1. The van der Waals surface area contributed by atoms with E-state index in [1.807, 2.05) is 4.90 Å². The Morgan fingerprint density at radius 2 is 1.97 bits per heavy atom. The van der Waals surface area contributed by atoms with Crippen LogP contribution in [0.2, 0.25) is 0 Å². The largest absolute Gasteiger partial charge is 0.465 e. The fourth-order valence-corrected chi connectivity index (χ4v) is 4.99. The van der Waals surface area contributed by atoms with Crippen molar-refractivity contribution in [2.24, 2.45) is 0 Å². The Labute approximate surface area is 217 Å². The minimum Gasteiger partial charge on any atom is -0.465 e. The van der Waals surface area contributed by atoms with E-state index in [4.69, 9.17) is 9.47 Å². The van der Waals surface area contributed by atoms with E-state index >= 15 is 0 Å². The number of halogens is 4. The molecule has 1 aliphatic rings. The fourth-order valence-electron chi connectivity index (χ4n) is 3.76. The van der Waals surface area contributed by atoms with Crippen LogP contribution in [0.3, 0.4) is 0 Å². The van der Waals surface area contributed by atoms with Crippen LogP contribution in [0.25, 0.3) is 0 Å². The zero-order valence-electron chi connectivity index (χ0n) is 19.0. The van der Waals surface area contributed by atoms with Crippen molar-refractivity contribution in [1.82, 2.24) is 9.88 Å². The molecule has 3 aromatic rings. The molecule has 0 aliphatic carbocycles. The van der Waals surface area contributed by atoms with E-state index in [1.54, 1.807) is 24.3 Å². The number of aromatic nitrogens is 1. The third kappa shape index (κ3) is 6.42. The lowest BCUT2D eigenvalue weighted by atomic mass is 10.1. The Morgan fingerprint density at radius 1 is 1.22 bits per heavy atom. The van der Waals surface area contributed by atoms with Crippen molar-refractivity contribution >= 4 is 44.8 Å². The number of nitrogens with zero attached hydrogens (tertiary/aromatic N) is 2. The maximum Gasteiger partial charge on any atom is 0.416 e. The van der Waals surface area contributed by atoms with Gasteiger partial charge in [0.25, 0.3) is 0 Å². The van der Waals surface area contributed by atoms with E-state index in [2.05, 4.69) is 26.2 Å². The maximum atomic E-state index is 13.3. The number of methoxy groups -OCH3 is 1. The number of alkyl halides is 3. The first-order valence-corrected chi connectivity index (χ1v) is 12.4. The molecular formula is C24H21BrF3N3O4S. The predicted octanol–water partition coefficient (Wildman–Crippen LogP) is 5.93. The molecule has 7 nitrogen and oxygen atoms in total. The van der Waals surface area contributed by atoms with Crippen LogP contribution in [0, 0.1) is 0 Å². The number of carbonyl (C=O) groups excluding carboxylic acids is 2. The zero-order valence-corrected chi connectivity index (χ0v) is 21.4. The molecule has 0 radical (unpaired) electrons. The second kappa shape index (κ2) is 11.0. The minimum atomic E-state index is -4.57. The van der Waals surface area contributed by atoms with Crippen molar-refractivity contribution in [1.29, 1.82) is 0 Å². The molecule has 1 atom stereocenters. The first-order chi connectivity index (χ1) is 17.1. The van der Waals surface area contributed by atoms with Crippen molar-refractivity contribution in [2.75, 3.05) is 32.1 Å². The van der Waals surface area contributed by atoms with Gasteiger partial charge in [-0.25, -0.2) is 9.78 Å². The molecule has 1 aliphatic heterocycles. The number of rotatable bonds is 7. The molecule has 0 saturated carbocycles. The molecule has 190 valence electrons. The van der Waals surface area contributed by atoms with Crippen molar-refractivity contribution in [2.45, 2.75) is 18.5 Å². The smallest absolute Gasteiger partial charge is 0.416 e. The summed E-state index contributed by atoms with van der Waals surface area (Å²) in [7, 11) is 1.30. The van der Waals surface area contributed by atoms with Crippen LogP contribution >= 0.6 is 27.3 Å². The minimum absolute atomic E-state index is 0.0142. The molecule has 1 fully saturated rings. The van der Waals surface area contributed by atoms with Gasteiger partial charge in [-0.1, -0.05) is 15.9 Å². The highest BCUT2D eigenvalue weighted by molar-refractivity contribution is 9.10. The highest BCUT2D eigenvalue weighted by atomic mass is 79.9. The average Bonchev–Trinajstić information content (AvgIpc) is 3.50. The lowest BCUT2D eigenvalue weighted by Crippen LogP contribution is -2.31. The molecule has 36 heavy (non-hydrogen) atoms. The molecule has 1 aromatic heterocycles. The van der Waals surface area contributed by atoms with Gasteiger partial charge in [-0.15, -0.1) is 11.3 Å². The molecule has 1 N–H and O–H groups in total. The molecule has 0 bridgehead atoms. The molecule has 2 heterocycles. The summed E-state index contributed by atoms with van der Waals surface area (Å²) in [5.41, 5.74) is -0.969. The summed E-state index contributed by atoms with van der Waals surface area (Å²) in [5.74, 6) is -0.368. The van der Waals surface area contributed by atoms with Gasteiger partial charge in [0.1, 0.15) is 10.6 Å². The van der Waals surface area contributed by atoms with Gasteiger partial charge < -0.3 is 14.8 Å². The number of carbonyl (C=O) groups is 2. The number of esters is 1. The number of hydrogen-bond donors (Lipinski definition) is 1. The van der Waals surface area contributed by atoms with Crippen LogP contribution in [0.5, 0.6) is 11.5 Å². The summed E-state index contributed by atoms with van der Waals surface area (Å²) in [4.78, 5) is 31.1. The first kappa shape index (κ1) is 26.1. The van der Waals surface area contributed by atoms with Gasteiger partial charge in [0.2, 0.25) is 5.91 Å². The summed E-state index contributed by atoms with van der Waals surface area (Å²) in [6, 6.07) is 9.74. The summed E-state index contributed by atoms with van der Waals surface area (Å²) in [6.45, 7) is 1.13. The maximum absolute atomic E-state index is 13.3. The standard InChI is InChI=1S/C24H21BrF3N3O4S/c1-34-23(33)20-11-29-22(36-20)14-8-9-31(12-14)13-21(32)30-18-10-15(24(26,27)28)2-7-19(18)35-17-5-3-16(25)4-6-17/h2-7,10-11,14H,8-9,12-13H2,1H3,(H,30,32). The van der Waals surface area contributed by atoms with E-state index in [0.717, 1.165) is 28.0 Å². The Kier molecular flexibility index (Phi) is 7.96. The van der Waals surface area contributed by atoms with Gasteiger partial charge in [0.05, 0.1) is 36.1 Å². The third-order valence-corrected chi connectivity index (χ3v) is 7.19. The number of hydrogen-bond acceptors (Lipinski definition) is 7. The lowest BCUT2D eigenvalue weighted by Gasteiger charge is -2.18. The molecule has 0 spiro atoms. The molecule has 1 saturated heterocycles. The van der Waals surface area contributed by atoms with Crippen molar-refractivity contribution < 1.29 is 32.2 Å². The van der Waals surface area contributed by atoms with Crippen LogP contribution in [0.4, 0.5) is 18.9 Å². The van der Waals surface area contributed by atoms with Crippen LogP contribution < -0.4 is 10.1 Å². The van der Waals surface area contributed by atoms with E-state index in [1.165, 1.54) is 30.7 Å². The molecule has 4 rings (SSSR count). The van der Waals surface area contributed by atoms with Crippen molar-refractivity contribution in [3.8, 4) is 11.5 Å². The van der Waals surface area contributed by atoms with E-state index in [0.29, 0.717) is 23.7 Å². The molecule has 12 heteroatoms. The monoisotopic (exact) mass is 583 g/mol. The van der Waals surface area contributed by atoms with Gasteiger partial charge in [0.15, 0.2) is 5.75 Å². The summed E-state index contributed by atoms with van der Waals surface area (Å²) >= 11 is 4.57. The van der Waals surface area contributed by atoms with Gasteiger partial charge >= 0.3 is 12.1 Å². The number of ether oxygens (including phenoxy) is 2. The second-order valence-corrected chi connectivity index (χ2v) is 10.1. The van der Waals surface area contributed by atoms with Crippen LogP contribution in [-0.4, -0.2) is 48.5 Å². The Hall–Kier alpha value is -2.96. The van der Waals surface area contributed by atoms with Gasteiger partial charge in [-0.2, -0.15) is 13.2 Å². The van der Waals surface area contributed by atoms with Crippen LogP contribution in [-0.2, 0) is 15.7 Å². The zero-order chi connectivity index (χ0) is 25.9. The van der Waals surface area contributed by atoms with E-state index in [9.17, 15) is 22.8 Å². The fraction of sp³-hybridized carbons (Fsp3) is 0.292. The van der Waals surface area contributed by atoms with E-state index < -0.39 is 23.6 Å². The molecule has 2 aromatic carbocycles. The first-order valence-electron chi connectivity index (χ1n) is 10.8. The molecule has 1 amide bonds. The number of thiazole rings is 1. The highest BCUT2D eigenvalue weighted by Gasteiger charge is 2.32. The third-order valence-electron chi connectivity index (χ3n) is 5.52. The van der Waals surface area contributed by atoms with Crippen LogP contribution in [0.1, 0.15) is 32.6 Å². The normalized spacial score (nSPS) is 16.1. The van der Waals surface area contributed by atoms with Crippen molar-refractivity contribution in [3.05, 3.63) is 68.6 Å². The molecular weight excluding hydrogens is 563 g/mol. The second-order valence-electron chi connectivity index (χ2n) is 8.09. The predicted molar refractivity (Wildman–Crippen MR) is 132 cm³/mol. The summed E-state index contributed by atoms with van der Waals surface area (Å²) in [6.07, 6.45) is -2.36. The SMILES string of the molecule is COC(=O)c1cnc(C2CCN(CC(=O)Nc3cc(C(F)(F)F)ccc3Oc3ccc(Br)cc3)C2)s1. The number of nitrogens with one attached hydrogen (secondary N) is 1. The molecule has 1 unspecified atom stereocenters. The quantitative estimate of drug-likeness (QED) is 0.347. The Morgan fingerprint density at radius 3 is 2.67 bits per heavy atom. The number of benzene rings is 2. The Bertz CT molecular complexity index is 1250. The van der Waals surface area contributed by atoms with Crippen molar-refractivity contribution in [3.63, 3.8) is 0 Å². The van der Waals surface area contributed by atoms with Gasteiger partial charge in [-0.05, 0) is 55.4 Å². The Balaban J connectivity index is 1.44.